The van der Waals surface area contributed by atoms with Crippen molar-refractivity contribution < 1.29 is 23.7 Å². The SMILES string of the molecule is COc1ccc(NC(=O)C2=C(C)Nc3ncnn3C2c2ccc(OC)cc2OC)c(OC)c1. The van der Waals surface area contributed by atoms with Gasteiger partial charge in [-0.1, -0.05) is 0 Å². The summed E-state index contributed by atoms with van der Waals surface area (Å²) in [6, 6.07) is 10.0. The van der Waals surface area contributed by atoms with Crippen molar-refractivity contribution in [3.05, 3.63) is 59.6 Å². The fraction of sp³-hybridized carbons (Fsp3) is 0.261. The van der Waals surface area contributed by atoms with Crippen LogP contribution in [-0.4, -0.2) is 49.1 Å². The highest BCUT2D eigenvalue weighted by Crippen LogP contribution is 2.41. The predicted molar refractivity (Wildman–Crippen MR) is 122 cm³/mol. The van der Waals surface area contributed by atoms with E-state index in [4.69, 9.17) is 18.9 Å². The molecular weight excluding hydrogens is 426 g/mol. The molecule has 1 atom stereocenters. The van der Waals surface area contributed by atoms with Crippen LogP contribution in [0.3, 0.4) is 0 Å². The van der Waals surface area contributed by atoms with Crippen LogP contribution in [0.25, 0.3) is 0 Å². The average Bonchev–Trinajstić information content (AvgIpc) is 3.30. The summed E-state index contributed by atoms with van der Waals surface area (Å²) in [5.41, 5.74) is 2.34. The van der Waals surface area contributed by atoms with Crippen LogP contribution in [0.15, 0.2) is 54.0 Å². The van der Waals surface area contributed by atoms with Crippen molar-refractivity contribution in [3.63, 3.8) is 0 Å². The number of fused-ring (bicyclic) bond motifs is 1. The Kier molecular flexibility index (Phi) is 6.07. The summed E-state index contributed by atoms with van der Waals surface area (Å²) in [5, 5.41) is 10.5. The maximum Gasteiger partial charge on any atom is 0.255 e. The van der Waals surface area contributed by atoms with E-state index in [2.05, 4.69) is 20.7 Å². The fourth-order valence-corrected chi connectivity index (χ4v) is 3.81. The molecule has 0 saturated carbocycles. The maximum absolute atomic E-state index is 13.6. The molecule has 0 fully saturated rings. The third-order valence-electron chi connectivity index (χ3n) is 5.43. The molecule has 2 aromatic carbocycles. The number of methoxy groups -OCH3 is 4. The molecule has 0 aliphatic carbocycles. The van der Waals surface area contributed by atoms with Gasteiger partial charge in [-0.3, -0.25) is 4.79 Å². The molecule has 0 saturated heterocycles. The first-order chi connectivity index (χ1) is 16.0. The Balaban J connectivity index is 1.79. The highest BCUT2D eigenvalue weighted by molar-refractivity contribution is 6.06. The first-order valence-corrected chi connectivity index (χ1v) is 10.1. The van der Waals surface area contributed by atoms with Crippen LogP contribution < -0.4 is 29.6 Å². The van der Waals surface area contributed by atoms with E-state index in [-0.39, 0.29) is 5.91 Å². The van der Waals surface area contributed by atoms with Gasteiger partial charge >= 0.3 is 0 Å². The van der Waals surface area contributed by atoms with Crippen LogP contribution in [0.5, 0.6) is 23.0 Å². The maximum atomic E-state index is 13.6. The van der Waals surface area contributed by atoms with Crippen LogP contribution in [0.4, 0.5) is 11.6 Å². The van der Waals surface area contributed by atoms with Crippen LogP contribution in [0.2, 0.25) is 0 Å². The number of rotatable bonds is 7. The highest BCUT2D eigenvalue weighted by atomic mass is 16.5. The molecule has 1 unspecified atom stereocenters. The van der Waals surface area contributed by atoms with Gasteiger partial charge in [0.1, 0.15) is 35.4 Å². The Morgan fingerprint density at radius 1 is 0.970 bits per heavy atom. The van der Waals surface area contributed by atoms with Gasteiger partial charge in [0.2, 0.25) is 5.95 Å². The third kappa shape index (κ3) is 4.02. The first kappa shape index (κ1) is 22.0. The van der Waals surface area contributed by atoms with E-state index in [9.17, 15) is 4.79 Å². The Hall–Kier alpha value is -4.21. The van der Waals surface area contributed by atoms with E-state index in [1.54, 1.807) is 50.3 Å². The molecule has 0 spiro atoms. The smallest absolute Gasteiger partial charge is 0.255 e. The molecule has 33 heavy (non-hydrogen) atoms. The topological polar surface area (TPSA) is 109 Å². The molecule has 1 aliphatic heterocycles. The second-order valence-corrected chi connectivity index (χ2v) is 7.22. The van der Waals surface area contributed by atoms with Crippen molar-refractivity contribution in [3.8, 4) is 23.0 Å². The van der Waals surface area contributed by atoms with E-state index in [0.29, 0.717) is 45.9 Å². The number of amides is 1. The standard InChI is InChI=1S/C23H25N5O5/c1-13-20(22(29)27-17-9-7-15(31-3)11-19(17)33-5)21(28-23(26-13)24-12-25-28)16-8-6-14(30-2)10-18(16)32-4/h6-12,21H,1-5H3,(H,27,29)(H,24,25,26). The zero-order chi connectivity index (χ0) is 23.5. The van der Waals surface area contributed by atoms with Gasteiger partial charge in [0.15, 0.2) is 0 Å². The Morgan fingerprint density at radius 2 is 1.64 bits per heavy atom. The summed E-state index contributed by atoms with van der Waals surface area (Å²) in [5.74, 6) is 2.49. The van der Waals surface area contributed by atoms with Crippen molar-refractivity contribution in [1.82, 2.24) is 14.8 Å². The third-order valence-corrected chi connectivity index (χ3v) is 5.43. The van der Waals surface area contributed by atoms with Gasteiger partial charge in [0, 0.05) is 23.4 Å². The van der Waals surface area contributed by atoms with Gasteiger partial charge in [-0.05, 0) is 31.2 Å². The molecule has 172 valence electrons. The number of carbonyl (C=O) groups is 1. The molecule has 2 heterocycles. The minimum Gasteiger partial charge on any atom is -0.497 e. The molecule has 0 bridgehead atoms. The van der Waals surface area contributed by atoms with Crippen molar-refractivity contribution in [2.24, 2.45) is 0 Å². The second-order valence-electron chi connectivity index (χ2n) is 7.22. The largest absolute Gasteiger partial charge is 0.497 e. The number of carbonyl (C=O) groups excluding carboxylic acids is 1. The molecule has 10 heteroatoms. The summed E-state index contributed by atoms with van der Waals surface area (Å²) < 4.78 is 23.3. The van der Waals surface area contributed by atoms with E-state index < -0.39 is 6.04 Å². The molecular formula is C23H25N5O5. The quantitative estimate of drug-likeness (QED) is 0.564. The molecule has 4 rings (SSSR count). The van der Waals surface area contributed by atoms with E-state index >= 15 is 0 Å². The molecule has 1 aromatic heterocycles. The summed E-state index contributed by atoms with van der Waals surface area (Å²) in [6.45, 7) is 1.82. The lowest BCUT2D eigenvalue weighted by Crippen LogP contribution is -2.31. The number of aromatic nitrogens is 3. The molecule has 10 nitrogen and oxygen atoms in total. The average molecular weight is 451 g/mol. The van der Waals surface area contributed by atoms with E-state index in [1.165, 1.54) is 13.4 Å². The van der Waals surface area contributed by atoms with Gasteiger partial charge in [0.25, 0.3) is 5.91 Å². The number of nitrogens with one attached hydrogen (secondary N) is 2. The van der Waals surface area contributed by atoms with Crippen molar-refractivity contribution in [2.75, 3.05) is 39.1 Å². The molecule has 1 amide bonds. The zero-order valence-corrected chi connectivity index (χ0v) is 19.0. The number of anilines is 2. The fourth-order valence-electron chi connectivity index (χ4n) is 3.81. The van der Waals surface area contributed by atoms with Crippen LogP contribution in [-0.2, 0) is 4.79 Å². The lowest BCUT2D eigenvalue weighted by molar-refractivity contribution is -0.113. The summed E-state index contributed by atoms with van der Waals surface area (Å²) >= 11 is 0. The minimum atomic E-state index is -0.589. The molecule has 0 radical (unpaired) electrons. The molecule has 2 N–H and O–H groups in total. The number of nitrogens with zero attached hydrogens (tertiary/aromatic N) is 3. The van der Waals surface area contributed by atoms with Gasteiger partial charge in [-0.2, -0.15) is 10.1 Å². The minimum absolute atomic E-state index is 0.326. The highest BCUT2D eigenvalue weighted by Gasteiger charge is 2.35. The zero-order valence-electron chi connectivity index (χ0n) is 19.0. The van der Waals surface area contributed by atoms with Crippen molar-refractivity contribution in [2.45, 2.75) is 13.0 Å². The van der Waals surface area contributed by atoms with Gasteiger partial charge < -0.3 is 29.6 Å². The number of ether oxygens (including phenoxy) is 4. The Morgan fingerprint density at radius 3 is 2.30 bits per heavy atom. The Labute approximate surface area is 191 Å². The van der Waals surface area contributed by atoms with Gasteiger partial charge in [0.05, 0.1) is 39.7 Å². The molecule has 3 aromatic rings. The number of allylic oxidation sites excluding steroid dienone is 1. The number of hydrogen-bond donors (Lipinski definition) is 2. The van der Waals surface area contributed by atoms with Gasteiger partial charge in [-0.25, -0.2) is 4.68 Å². The van der Waals surface area contributed by atoms with Gasteiger partial charge in [-0.15, -0.1) is 0 Å². The monoisotopic (exact) mass is 451 g/mol. The predicted octanol–water partition coefficient (Wildman–Crippen LogP) is 3.24. The summed E-state index contributed by atoms with van der Waals surface area (Å²) in [7, 11) is 6.25. The van der Waals surface area contributed by atoms with Crippen molar-refractivity contribution in [1.29, 1.82) is 0 Å². The normalized spacial score (nSPS) is 14.8. The summed E-state index contributed by atoms with van der Waals surface area (Å²) in [4.78, 5) is 17.9. The molecule has 1 aliphatic rings. The number of hydrogen-bond acceptors (Lipinski definition) is 8. The summed E-state index contributed by atoms with van der Waals surface area (Å²) in [6.07, 6.45) is 1.44. The van der Waals surface area contributed by atoms with Crippen LogP contribution in [0.1, 0.15) is 18.5 Å². The van der Waals surface area contributed by atoms with Crippen LogP contribution >= 0.6 is 0 Å². The van der Waals surface area contributed by atoms with Crippen LogP contribution in [0, 0.1) is 0 Å². The van der Waals surface area contributed by atoms with E-state index in [1.807, 2.05) is 19.1 Å². The van der Waals surface area contributed by atoms with E-state index in [0.717, 1.165) is 5.56 Å². The lowest BCUT2D eigenvalue weighted by atomic mass is 9.94. The van der Waals surface area contributed by atoms with Crippen molar-refractivity contribution >= 4 is 17.5 Å². The first-order valence-electron chi connectivity index (χ1n) is 10.1. The lowest BCUT2D eigenvalue weighted by Gasteiger charge is -2.29. The Bertz CT molecular complexity index is 1220. The second kappa shape index (κ2) is 9.11. The number of benzene rings is 2.